The van der Waals surface area contributed by atoms with Crippen LogP contribution in [0.15, 0.2) is 30.4 Å². The van der Waals surface area contributed by atoms with Crippen LogP contribution in [0.4, 0.5) is 4.39 Å². The molecule has 0 heterocycles. The van der Waals surface area contributed by atoms with Gasteiger partial charge in [-0.25, -0.2) is 4.39 Å². The van der Waals surface area contributed by atoms with Gasteiger partial charge >= 0.3 is 0 Å². The van der Waals surface area contributed by atoms with Crippen LogP contribution in [-0.4, -0.2) is 7.11 Å². The van der Waals surface area contributed by atoms with Gasteiger partial charge in [-0.3, -0.25) is 0 Å². The molecule has 0 aliphatic carbocycles. The monoisotopic (exact) mass is 245 g/mol. The second kappa shape index (κ2) is 6.51. The Bertz CT molecular complexity index is 368. The molecular formula is C12H17ClFNO. The summed E-state index contributed by atoms with van der Waals surface area (Å²) in [6, 6.07) is 4.62. The van der Waals surface area contributed by atoms with E-state index in [1.807, 2.05) is 6.92 Å². The molecular weight excluding hydrogens is 229 g/mol. The Morgan fingerprint density at radius 1 is 1.56 bits per heavy atom. The number of nitrogens with two attached hydrogens (primary N) is 1. The molecule has 1 aromatic carbocycles. The van der Waals surface area contributed by atoms with E-state index in [1.165, 1.54) is 7.11 Å². The highest BCUT2D eigenvalue weighted by atomic mass is 35.5. The number of methoxy groups -OCH3 is 1. The van der Waals surface area contributed by atoms with Crippen LogP contribution >= 0.6 is 12.4 Å². The minimum atomic E-state index is -0.381. The standard InChI is InChI=1S/C12H16FNO.ClH/c1-8(2)7-10(14)9-5-4-6-11(15-3)12(9)13;/h4-6,10H,1,7,14H2,2-3H3;1H/t10-;/m1./s1. The average Bonchev–Trinajstić information content (AvgIpc) is 2.17. The number of benzene rings is 1. The van der Waals surface area contributed by atoms with E-state index in [-0.39, 0.29) is 30.0 Å². The summed E-state index contributed by atoms with van der Waals surface area (Å²) in [7, 11) is 1.44. The summed E-state index contributed by atoms with van der Waals surface area (Å²) in [5.74, 6) is -0.154. The van der Waals surface area contributed by atoms with Crippen LogP contribution in [0, 0.1) is 5.82 Å². The third-order valence-corrected chi connectivity index (χ3v) is 2.18. The van der Waals surface area contributed by atoms with Gasteiger partial charge in [-0.05, 0) is 19.4 Å². The van der Waals surface area contributed by atoms with Crippen LogP contribution < -0.4 is 10.5 Å². The Kier molecular flexibility index (Phi) is 6.08. The fourth-order valence-corrected chi connectivity index (χ4v) is 1.46. The molecule has 0 saturated heterocycles. The lowest BCUT2D eigenvalue weighted by Gasteiger charge is -2.14. The zero-order valence-corrected chi connectivity index (χ0v) is 10.3. The number of hydrogen-bond acceptors (Lipinski definition) is 2. The highest BCUT2D eigenvalue weighted by molar-refractivity contribution is 5.85. The number of rotatable bonds is 4. The third-order valence-electron chi connectivity index (χ3n) is 2.18. The molecule has 1 aromatic rings. The maximum absolute atomic E-state index is 13.7. The zero-order valence-electron chi connectivity index (χ0n) is 9.50. The van der Waals surface area contributed by atoms with Crippen molar-refractivity contribution in [2.45, 2.75) is 19.4 Å². The normalized spacial score (nSPS) is 11.5. The van der Waals surface area contributed by atoms with Crippen molar-refractivity contribution in [1.82, 2.24) is 0 Å². The highest BCUT2D eigenvalue weighted by Gasteiger charge is 2.14. The van der Waals surface area contributed by atoms with Gasteiger partial charge in [0.05, 0.1) is 7.11 Å². The molecule has 1 rings (SSSR count). The maximum atomic E-state index is 13.7. The van der Waals surface area contributed by atoms with Gasteiger partial charge in [0.2, 0.25) is 0 Å². The molecule has 0 aromatic heterocycles. The van der Waals surface area contributed by atoms with Crippen LogP contribution in [0.2, 0.25) is 0 Å². The summed E-state index contributed by atoms with van der Waals surface area (Å²) >= 11 is 0. The minimum Gasteiger partial charge on any atom is -0.494 e. The summed E-state index contributed by atoms with van der Waals surface area (Å²) in [5, 5.41) is 0. The van der Waals surface area contributed by atoms with Gasteiger partial charge in [0.15, 0.2) is 11.6 Å². The summed E-state index contributed by atoms with van der Waals surface area (Å²) in [5.41, 5.74) is 7.27. The first-order chi connectivity index (χ1) is 7.06. The van der Waals surface area contributed by atoms with Gasteiger partial charge < -0.3 is 10.5 Å². The molecule has 0 spiro atoms. The molecule has 0 radical (unpaired) electrons. The molecule has 2 nitrogen and oxygen atoms in total. The van der Waals surface area contributed by atoms with Crippen molar-refractivity contribution in [1.29, 1.82) is 0 Å². The number of hydrogen-bond donors (Lipinski definition) is 1. The number of halogens is 2. The Balaban J connectivity index is 0.00000225. The van der Waals surface area contributed by atoms with Crippen LogP contribution in [0.5, 0.6) is 5.75 Å². The van der Waals surface area contributed by atoms with Gasteiger partial charge in [0.1, 0.15) is 0 Å². The second-order valence-electron chi connectivity index (χ2n) is 3.63. The molecule has 0 bridgehead atoms. The Hall–Kier alpha value is -1.06. The lowest BCUT2D eigenvalue weighted by Crippen LogP contribution is -2.12. The van der Waals surface area contributed by atoms with E-state index in [1.54, 1.807) is 18.2 Å². The minimum absolute atomic E-state index is 0. The average molecular weight is 246 g/mol. The van der Waals surface area contributed by atoms with E-state index in [0.29, 0.717) is 12.0 Å². The van der Waals surface area contributed by atoms with Crippen molar-refractivity contribution >= 4 is 12.4 Å². The lowest BCUT2D eigenvalue weighted by atomic mass is 10.0. The van der Waals surface area contributed by atoms with Crippen LogP contribution in [0.3, 0.4) is 0 Å². The molecule has 2 N–H and O–H groups in total. The van der Waals surface area contributed by atoms with Crippen molar-refractivity contribution in [2.75, 3.05) is 7.11 Å². The molecule has 16 heavy (non-hydrogen) atoms. The fraction of sp³-hybridized carbons (Fsp3) is 0.333. The van der Waals surface area contributed by atoms with Crippen LogP contribution in [-0.2, 0) is 0 Å². The van der Waals surface area contributed by atoms with E-state index < -0.39 is 0 Å². The van der Waals surface area contributed by atoms with E-state index in [2.05, 4.69) is 6.58 Å². The van der Waals surface area contributed by atoms with Gasteiger partial charge in [-0.15, -0.1) is 19.0 Å². The van der Waals surface area contributed by atoms with E-state index in [9.17, 15) is 4.39 Å². The second-order valence-corrected chi connectivity index (χ2v) is 3.63. The third kappa shape index (κ3) is 3.51. The van der Waals surface area contributed by atoms with Gasteiger partial charge in [-0.2, -0.15) is 0 Å². The van der Waals surface area contributed by atoms with Gasteiger partial charge in [0, 0.05) is 11.6 Å². The predicted octanol–water partition coefficient (Wildman–Crippen LogP) is 3.22. The number of ether oxygens (including phenoxy) is 1. The molecule has 90 valence electrons. The SMILES string of the molecule is C=C(C)C[C@@H](N)c1cccc(OC)c1F.Cl. The fourth-order valence-electron chi connectivity index (χ4n) is 1.46. The maximum Gasteiger partial charge on any atom is 0.169 e. The quantitative estimate of drug-likeness (QED) is 0.827. The van der Waals surface area contributed by atoms with E-state index in [0.717, 1.165) is 5.57 Å². The summed E-state index contributed by atoms with van der Waals surface area (Å²) in [6.07, 6.45) is 0.573. The van der Waals surface area contributed by atoms with Crippen molar-refractivity contribution in [3.8, 4) is 5.75 Å². The molecule has 0 amide bonds. The zero-order chi connectivity index (χ0) is 11.4. The summed E-state index contributed by atoms with van der Waals surface area (Å²) in [6.45, 7) is 5.63. The van der Waals surface area contributed by atoms with Crippen molar-refractivity contribution in [2.24, 2.45) is 5.73 Å². The van der Waals surface area contributed by atoms with Crippen molar-refractivity contribution < 1.29 is 9.13 Å². The topological polar surface area (TPSA) is 35.2 Å². The lowest BCUT2D eigenvalue weighted by molar-refractivity contribution is 0.382. The van der Waals surface area contributed by atoms with Gasteiger partial charge in [0.25, 0.3) is 0 Å². The van der Waals surface area contributed by atoms with E-state index >= 15 is 0 Å². The Morgan fingerprint density at radius 3 is 2.69 bits per heavy atom. The first-order valence-corrected chi connectivity index (χ1v) is 4.78. The van der Waals surface area contributed by atoms with Crippen LogP contribution in [0.25, 0.3) is 0 Å². The molecule has 0 aliphatic rings. The first-order valence-electron chi connectivity index (χ1n) is 4.78. The molecule has 0 saturated carbocycles. The molecule has 4 heteroatoms. The van der Waals surface area contributed by atoms with Gasteiger partial charge in [-0.1, -0.05) is 17.7 Å². The summed E-state index contributed by atoms with van der Waals surface area (Å²) in [4.78, 5) is 0. The highest BCUT2D eigenvalue weighted by Crippen LogP contribution is 2.26. The molecule has 0 unspecified atom stereocenters. The predicted molar refractivity (Wildman–Crippen MR) is 66.6 cm³/mol. The van der Waals surface area contributed by atoms with Crippen LogP contribution in [0.1, 0.15) is 24.9 Å². The largest absolute Gasteiger partial charge is 0.494 e. The smallest absolute Gasteiger partial charge is 0.169 e. The Labute approximate surface area is 102 Å². The molecule has 1 atom stereocenters. The van der Waals surface area contributed by atoms with E-state index in [4.69, 9.17) is 10.5 Å². The first kappa shape index (κ1) is 14.9. The molecule has 0 fully saturated rings. The summed E-state index contributed by atoms with van der Waals surface area (Å²) < 4.78 is 18.6. The van der Waals surface area contributed by atoms with Crippen molar-refractivity contribution in [3.05, 3.63) is 41.7 Å². The Morgan fingerprint density at radius 2 is 2.19 bits per heavy atom. The molecule has 0 aliphatic heterocycles. The van der Waals surface area contributed by atoms with Crippen molar-refractivity contribution in [3.63, 3.8) is 0 Å².